The van der Waals surface area contributed by atoms with Gasteiger partial charge in [-0.05, 0) is 48.7 Å². The van der Waals surface area contributed by atoms with Crippen LogP contribution >= 0.6 is 11.6 Å². The van der Waals surface area contributed by atoms with Gasteiger partial charge < -0.3 is 15.0 Å². The van der Waals surface area contributed by atoms with Gasteiger partial charge in [0.15, 0.2) is 0 Å². The Labute approximate surface area is 158 Å². The fourth-order valence-electron chi connectivity index (χ4n) is 3.63. The van der Waals surface area contributed by atoms with Gasteiger partial charge in [-0.3, -0.25) is 9.78 Å². The van der Waals surface area contributed by atoms with E-state index in [1.807, 2.05) is 41.3 Å². The molecule has 26 heavy (non-hydrogen) atoms. The van der Waals surface area contributed by atoms with E-state index >= 15 is 0 Å². The zero-order valence-corrected chi connectivity index (χ0v) is 15.3. The summed E-state index contributed by atoms with van der Waals surface area (Å²) in [6, 6.07) is 11.4. The Hall–Kier alpha value is -2.11. The van der Waals surface area contributed by atoms with E-state index in [-0.39, 0.29) is 18.1 Å². The molecule has 1 fully saturated rings. The van der Waals surface area contributed by atoms with Crippen molar-refractivity contribution < 1.29 is 9.53 Å². The second-order valence-corrected chi connectivity index (χ2v) is 7.30. The van der Waals surface area contributed by atoms with Crippen LogP contribution < -0.4 is 5.32 Å². The van der Waals surface area contributed by atoms with Gasteiger partial charge in [0.2, 0.25) is 5.91 Å². The van der Waals surface area contributed by atoms with Gasteiger partial charge in [0.25, 0.3) is 0 Å². The van der Waals surface area contributed by atoms with Crippen LogP contribution in [0.4, 0.5) is 5.69 Å². The Morgan fingerprint density at radius 1 is 1.27 bits per heavy atom. The molecule has 136 valence electrons. The lowest BCUT2D eigenvalue weighted by Crippen LogP contribution is -2.47. The van der Waals surface area contributed by atoms with Crippen molar-refractivity contribution in [3.8, 4) is 0 Å². The summed E-state index contributed by atoms with van der Waals surface area (Å²) >= 11 is 6.05. The molecule has 1 aromatic carbocycles. The van der Waals surface area contributed by atoms with Crippen LogP contribution in [-0.2, 0) is 22.6 Å². The first-order valence-electron chi connectivity index (χ1n) is 9.04. The second kappa shape index (κ2) is 7.64. The van der Waals surface area contributed by atoms with Crippen molar-refractivity contribution in [2.45, 2.75) is 38.0 Å². The van der Waals surface area contributed by atoms with Crippen molar-refractivity contribution >= 4 is 23.2 Å². The number of pyridine rings is 1. The average Bonchev–Trinajstić information content (AvgIpc) is 3.10. The molecule has 0 aliphatic carbocycles. The third kappa shape index (κ3) is 3.84. The van der Waals surface area contributed by atoms with Gasteiger partial charge in [-0.25, -0.2) is 0 Å². The lowest BCUT2D eigenvalue weighted by Gasteiger charge is -2.33. The van der Waals surface area contributed by atoms with E-state index in [1.54, 1.807) is 6.20 Å². The Balaban J connectivity index is 1.26. The fraction of sp³-hybridized carbons (Fsp3) is 0.400. The first kappa shape index (κ1) is 17.3. The van der Waals surface area contributed by atoms with E-state index in [1.165, 1.54) is 0 Å². The van der Waals surface area contributed by atoms with Gasteiger partial charge in [0.1, 0.15) is 6.04 Å². The molecule has 1 atom stereocenters. The highest BCUT2D eigenvalue weighted by Gasteiger charge is 2.32. The molecule has 2 aromatic rings. The maximum Gasteiger partial charge on any atom is 0.245 e. The monoisotopic (exact) mass is 371 g/mol. The summed E-state index contributed by atoms with van der Waals surface area (Å²) in [5.74, 6) is 0.167. The first-order valence-corrected chi connectivity index (χ1v) is 9.42. The fourth-order valence-corrected chi connectivity index (χ4v) is 3.82. The van der Waals surface area contributed by atoms with Crippen LogP contribution in [-0.4, -0.2) is 41.0 Å². The van der Waals surface area contributed by atoms with Crippen LogP contribution in [0.2, 0.25) is 5.02 Å². The highest BCUT2D eigenvalue weighted by atomic mass is 35.5. The van der Waals surface area contributed by atoms with E-state index in [0.29, 0.717) is 18.1 Å². The quantitative estimate of drug-likeness (QED) is 0.896. The molecule has 1 saturated heterocycles. The number of amides is 1. The molecule has 2 aliphatic rings. The lowest BCUT2D eigenvalue weighted by atomic mass is 10.0. The number of rotatable bonds is 4. The summed E-state index contributed by atoms with van der Waals surface area (Å²) in [6.45, 7) is 2.00. The van der Waals surface area contributed by atoms with E-state index in [9.17, 15) is 4.79 Å². The molecule has 0 saturated carbocycles. The zero-order valence-electron chi connectivity index (χ0n) is 14.5. The van der Waals surface area contributed by atoms with Crippen LogP contribution in [0, 0.1) is 0 Å². The summed E-state index contributed by atoms with van der Waals surface area (Å²) in [4.78, 5) is 19.0. The number of fused-ring (bicyclic) bond motifs is 1. The van der Waals surface area contributed by atoms with Gasteiger partial charge >= 0.3 is 0 Å². The molecular formula is C20H22ClN3O2. The molecule has 1 N–H and O–H groups in total. The summed E-state index contributed by atoms with van der Waals surface area (Å²) < 4.78 is 5.96. The highest BCUT2D eigenvalue weighted by molar-refractivity contribution is 6.30. The third-order valence-electron chi connectivity index (χ3n) is 5.07. The van der Waals surface area contributed by atoms with E-state index in [0.717, 1.165) is 42.9 Å². The number of piperidine rings is 1. The van der Waals surface area contributed by atoms with Crippen molar-refractivity contribution in [1.82, 2.24) is 9.88 Å². The van der Waals surface area contributed by atoms with Crippen molar-refractivity contribution in [1.29, 1.82) is 0 Å². The molecule has 2 aliphatic heterocycles. The molecule has 0 bridgehead atoms. The van der Waals surface area contributed by atoms with Gasteiger partial charge in [-0.15, -0.1) is 0 Å². The molecule has 0 radical (unpaired) electrons. The minimum atomic E-state index is -0.186. The molecule has 1 amide bonds. The number of hydrogen-bond acceptors (Lipinski definition) is 4. The summed E-state index contributed by atoms with van der Waals surface area (Å²) in [5.41, 5.74) is 3.07. The topological polar surface area (TPSA) is 54.5 Å². The van der Waals surface area contributed by atoms with E-state index in [2.05, 4.69) is 10.3 Å². The van der Waals surface area contributed by atoms with Gasteiger partial charge in [-0.1, -0.05) is 17.7 Å². The van der Waals surface area contributed by atoms with E-state index in [4.69, 9.17) is 16.3 Å². The Morgan fingerprint density at radius 3 is 2.88 bits per heavy atom. The standard InChI is InChI=1S/C20H22ClN3O2/c21-15-4-5-18-14(11-15)12-19(23-18)20(25)24-9-6-17(7-10-24)26-13-16-3-1-2-8-22-16/h1-5,8,11,17,19,23H,6-7,9-10,12-13H2/t19-/m1/s1. The number of likely N-dealkylation sites (tertiary alicyclic amines) is 1. The Morgan fingerprint density at radius 2 is 2.12 bits per heavy atom. The average molecular weight is 372 g/mol. The number of benzene rings is 1. The van der Waals surface area contributed by atoms with Crippen molar-refractivity contribution in [2.75, 3.05) is 18.4 Å². The van der Waals surface area contributed by atoms with Crippen LogP contribution in [0.5, 0.6) is 0 Å². The molecule has 1 aromatic heterocycles. The summed E-state index contributed by atoms with van der Waals surface area (Å²) in [5, 5.41) is 4.04. The Kier molecular flexibility index (Phi) is 5.09. The van der Waals surface area contributed by atoms with Crippen molar-refractivity contribution in [3.63, 3.8) is 0 Å². The third-order valence-corrected chi connectivity index (χ3v) is 5.30. The van der Waals surface area contributed by atoms with Crippen LogP contribution in [0.3, 0.4) is 0 Å². The van der Waals surface area contributed by atoms with Crippen LogP contribution in [0.1, 0.15) is 24.1 Å². The normalized spacial score (nSPS) is 19.9. The number of hydrogen-bond donors (Lipinski definition) is 1. The molecule has 4 rings (SSSR count). The number of carbonyl (C=O) groups is 1. The number of nitrogens with one attached hydrogen (secondary N) is 1. The number of anilines is 1. The molecule has 0 unspecified atom stereocenters. The predicted octanol–water partition coefficient (Wildman–Crippen LogP) is 3.28. The molecular weight excluding hydrogens is 350 g/mol. The van der Waals surface area contributed by atoms with Gasteiger partial charge in [0.05, 0.1) is 18.4 Å². The lowest BCUT2D eigenvalue weighted by molar-refractivity contribution is -0.134. The molecule has 3 heterocycles. The molecule has 0 spiro atoms. The van der Waals surface area contributed by atoms with Crippen LogP contribution in [0.15, 0.2) is 42.6 Å². The number of nitrogens with zero attached hydrogens (tertiary/aromatic N) is 2. The Bertz CT molecular complexity index is 776. The number of halogens is 1. The number of carbonyl (C=O) groups excluding carboxylic acids is 1. The minimum Gasteiger partial charge on any atom is -0.373 e. The summed E-state index contributed by atoms with van der Waals surface area (Å²) in [7, 11) is 0. The molecule has 5 nitrogen and oxygen atoms in total. The van der Waals surface area contributed by atoms with Gasteiger partial charge in [0, 0.05) is 36.4 Å². The second-order valence-electron chi connectivity index (χ2n) is 6.86. The molecule has 6 heteroatoms. The smallest absolute Gasteiger partial charge is 0.245 e. The zero-order chi connectivity index (χ0) is 17.9. The highest BCUT2D eigenvalue weighted by Crippen LogP contribution is 2.29. The summed E-state index contributed by atoms with van der Waals surface area (Å²) in [6.07, 6.45) is 4.40. The van der Waals surface area contributed by atoms with Crippen molar-refractivity contribution in [3.05, 3.63) is 58.9 Å². The number of aromatic nitrogens is 1. The van der Waals surface area contributed by atoms with Crippen molar-refractivity contribution in [2.24, 2.45) is 0 Å². The predicted molar refractivity (Wildman–Crippen MR) is 101 cm³/mol. The van der Waals surface area contributed by atoms with Crippen LogP contribution in [0.25, 0.3) is 0 Å². The van der Waals surface area contributed by atoms with Gasteiger partial charge in [-0.2, -0.15) is 0 Å². The SMILES string of the molecule is O=C([C@H]1Cc2cc(Cl)ccc2N1)N1CCC(OCc2ccccn2)CC1. The number of ether oxygens (including phenoxy) is 1. The maximum atomic E-state index is 12.8. The largest absolute Gasteiger partial charge is 0.373 e. The first-order chi connectivity index (χ1) is 12.7. The van der Waals surface area contributed by atoms with E-state index < -0.39 is 0 Å². The minimum absolute atomic E-state index is 0.167. The maximum absolute atomic E-state index is 12.8.